The van der Waals surface area contributed by atoms with Crippen LogP contribution in [0.25, 0.3) is 0 Å². The minimum Gasteiger partial charge on any atom is -0.337 e. The second-order valence-corrected chi connectivity index (χ2v) is 9.11. The molecule has 1 aliphatic rings. The SMILES string of the molecule is CC(C)Sc1nnc(NC(=O)C2CCN(C(=O)c3ccccn3)CC2)s1. The first-order valence-electron chi connectivity index (χ1n) is 8.54. The van der Waals surface area contributed by atoms with Gasteiger partial charge in [-0.2, -0.15) is 0 Å². The van der Waals surface area contributed by atoms with Gasteiger partial charge < -0.3 is 10.2 Å². The Morgan fingerprint density at radius 3 is 2.69 bits per heavy atom. The standard InChI is InChI=1S/C17H21N5O2S2/c1-11(2)25-17-21-20-16(26-17)19-14(23)12-6-9-22(10-7-12)15(24)13-5-3-4-8-18-13/h3-5,8,11-12H,6-7,9-10H2,1-2H3,(H,19,20,23). The number of piperidine rings is 1. The minimum atomic E-state index is -0.118. The highest BCUT2D eigenvalue weighted by Crippen LogP contribution is 2.29. The number of anilines is 1. The smallest absolute Gasteiger partial charge is 0.272 e. The number of aromatic nitrogens is 3. The van der Waals surface area contributed by atoms with Crippen LogP contribution in [0.15, 0.2) is 28.7 Å². The van der Waals surface area contributed by atoms with E-state index in [1.165, 1.54) is 11.3 Å². The molecule has 138 valence electrons. The van der Waals surface area contributed by atoms with Crippen molar-refractivity contribution in [1.82, 2.24) is 20.1 Å². The molecule has 0 aromatic carbocycles. The van der Waals surface area contributed by atoms with E-state index in [0.717, 1.165) is 4.34 Å². The zero-order valence-electron chi connectivity index (χ0n) is 14.7. The molecule has 0 bridgehead atoms. The molecule has 0 unspecified atom stereocenters. The van der Waals surface area contributed by atoms with Crippen LogP contribution in [0, 0.1) is 5.92 Å². The quantitative estimate of drug-likeness (QED) is 0.623. The third-order valence-electron chi connectivity index (χ3n) is 4.01. The zero-order valence-corrected chi connectivity index (χ0v) is 16.3. The van der Waals surface area contributed by atoms with E-state index in [1.54, 1.807) is 41.1 Å². The average Bonchev–Trinajstić information content (AvgIpc) is 3.08. The Hall–Kier alpha value is -2.00. The van der Waals surface area contributed by atoms with Gasteiger partial charge in [0.25, 0.3) is 5.91 Å². The molecule has 2 aromatic rings. The van der Waals surface area contributed by atoms with Gasteiger partial charge in [0, 0.05) is 30.5 Å². The molecule has 2 aromatic heterocycles. The Kier molecular flexibility index (Phi) is 6.20. The lowest BCUT2D eigenvalue weighted by atomic mass is 9.96. The molecule has 1 aliphatic heterocycles. The van der Waals surface area contributed by atoms with Crippen LogP contribution < -0.4 is 5.32 Å². The lowest BCUT2D eigenvalue weighted by Crippen LogP contribution is -2.41. The first-order valence-corrected chi connectivity index (χ1v) is 10.2. The average molecular weight is 392 g/mol. The van der Waals surface area contributed by atoms with Crippen molar-refractivity contribution in [3.8, 4) is 0 Å². The molecule has 26 heavy (non-hydrogen) atoms. The summed E-state index contributed by atoms with van der Waals surface area (Å²) in [5, 5.41) is 11.9. The lowest BCUT2D eigenvalue weighted by Gasteiger charge is -2.30. The number of carbonyl (C=O) groups excluding carboxylic acids is 2. The molecule has 0 atom stereocenters. The van der Waals surface area contributed by atoms with Crippen molar-refractivity contribution in [2.24, 2.45) is 5.92 Å². The van der Waals surface area contributed by atoms with Crippen LogP contribution in [0.2, 0.25) is 0 Å². The Morgan fingerprint density at radius 1 is 1.27 bits per heavy atom. The fraction of sp³-hybridized carbons (Fsp3) is 0.471. The van der Waals surface area contributed by atoms with E-state index < -0.39 is 0 Å². The van der Waals surface area contributed by atoms with Crippen molar-refractivity contribution in [2.45, 2.75) is 36.3 Å². The third-order valence-corrected chi connectivity index (χ3v) is 5.94. The van der Waals surface area contributed by atoms with Gasteiger partial charge in [0.05, 0.1) is 0 Å². The molecule has 0 aliphatic carbocycles. The molecular formula is C17H21N5O2S2. The summed E-state index contributed by atoms with van der Waals surface area (Å²) in [6.45, 7) is 5.28. The Labute approximate surface area is 160 Å². The zero-order chi connectivity index (χ0) is 18.5. The van der Waals surface area contributed by atoms with Gasteiger partial charge in [-0.05, 0) is 25.0 Å². The lowest BCUT2D eigenvalue weighted by molar-refractivity contribution is -0.121. The molecule has 3 rings (SSSR count). The Balaban J connectivity index is 1.50. The van der Waals surface area contributed by atoms with Crippen LogP contribution in [0.1, 0.15) is 37.2 Å². The van der Waals surface area contributed by atoms with Crippen LogP contribution in [-0.2, 0) is 4.79 Å². The first kappa shape index (κ1) is 18.8. The van der Waals surface area contributed by atoms with Gasteiger partial charge in [-0.3, -0.25) is 14.6 Å². The summed E-state index contributed by atoms with van der Waals surface area (Å²) in [6, 6.07) is 5.30. The largest absolute Gasteiger partial charge is 0.337 e. The van der Waals surface area contributed by atoms with Crippen molar-refractivity contribution < 1.29 is 9.59 Å². The summed E-state index contributed by atoms with van der Waals surface area (Å²) in [5.74, 6) is -0.246. The van der Waals surface area contributed by atoms with Crippen LogP contribution in [0.3, 0.4) is 0 Å². The second kappa shape index (κ2) is 8.59. The van der Waals surface area contributed by atoms with Gasteiger partial charge >= 0.3 is 0 Å². The maximum atomic E-state index is 12.5. The van der Waals surface area contributed by atoms with E-state index in [2.05, 4.69) is 34.3 Å². The third kappa shape index (κ3) is 4.79. The topological polar surface area (TPSA) is 88.1 Å². The van der Waals surface area contributed by atoms with Crippen molar-refractivity contribution in [3.63, 3.8) is 0 Å². The molecule has 9 heteroatoms. The van der Waals surface area contributed by atoms with Gasteiger partial charge in [0.15, 0.2) is 4.34 Å². The summed E-state index contributed by atoms with van der Waals surface area (Å²) in [6.07, 6.45) is 2.88. The normalized spacial score (nSPS) is 15.3. The summed E-state index contributed by atoms with van der Waals surface area (Å²) >= 11 is 3.02. The highest BCUT2D eigenvalue weighted by molar-refractivity contribution is 8.01. The van der Waals surface area contributed by atoms with E-state index in [0.29, 0.717) is 42.0 Å². The van der Waals surface area contributed by atoms with E-state index in [-0.39, 0.29) is 17.7 Å². The van der Waals surface area contributed by atoms with E-state index in [9.17, 15) is 9.59 Å². The summed E-state index contributed by atoms with van der Waals surface area (Å²) in [4.78, 5) is 30.7. The summed E-state index contributed by atoms with van der Waals surface area (Å²) < 4.78 is 0.853. The number of hydrogen-bond donors (Lipinski definition) is 1. The van der Waals surface area contributed by atoms with E-state index in [4.69, 9.17) is 0 Å². The van der Waals surface area contributed by atoms with Gasteiger partial charge in [-0.25, -0.2) is 0 Å². The number of rotatable bonds is 5. The first-order chi connectivity index (χ1) is 12.5. The molecule has 0 saturated carbocycles. The highest BCUT2D eigenvalue weighted by Gasteiger charge is 2.28. The van der Waals surface area contributed by atoms with Gasteiger partial charge in [-0.15, -0.1) is 10.2 Å². The molecule has 1 N–H and O–H groups in total. The summed E-state index contributed by atoms with van der Waals surface area (Å²) in [5.41, 5.74) is 0.444. The molecule has 7 nitrogen and oxygen atoms in total. The van der Waals surface area contributed by atoms with Crippen LogP contribution in [0.4, 0.5) is 5.13 Å². The molecule has 1 saturated heterocycles. The van der Waals surface area contributed by atoms with Gasteiger partial charge in [0.1, 0.15) is 5.69 Å². The molecule has 1 fully saturated rings. The van der Waals surface area contributed by atoms with Gasteiger partial charge in [0.2, 0.25) is 11.0 Å². The highest BCUT2D eigenvalue weighted by atomic mass is 32.2. The van der Waals surface area contributed by atoms with Crippen molar-refractivity contribution in [1.29, 1.82) is 0 Å². The maximum Gasteiger partial charge on any atom is 0.272 e. The van der Waals surface area contributed by atoms with Crippen molar-refractivity contribution in [3.05, 3.63) is 30.1 Å². The molecular weight excluding hydrogens is 370 g/mol. The number of nitrogens with one attached hydrogen (secondary N) is 1. The van der Waals surface area contributed by atoms with Crippen LogP contribution in [-0.4, -0.2) is 50.2 Å². The van der Waals surface area contributed by atoms with E-state index in [1.807, 2.05) is 0 Å². The fourth-order valence-electron chi connectivity index (χ4n) is 2.71. The number of likely N-dealkylation sites (tertiary alicyclic amines) is 1. The molecule has 0 radical (unpaired) electrons. The number of amides is 2. The van der Waals surface area contributed by atoms with Crippen molar-refractivity contribution in [2.75, 3.05) is 18.4 Å². The fourth-order valence-corrected chi connectivity index (χ4v) is 4.69. The summed E-state index contributed by atoms with van der Waals surface area (Å²) in [7, 11) is 0. The second-order valence-electron chi connectivity index (χ2n) is 6.31. The van der Waals surface area contributed by atoms with Crippen LogP contribution in [0.5, 0.6) is 0 Å². The number of hydrogen-bond acceptors (Lipinski definition) is 7. The molecule has 2 amide bonds. The maximum absolute atomic E-state index is 12.5. The van der Waals surface area contributed by atoms with E-state index >= 15 is 0 Å². The minimum absolute atomic E-state index is 0.0489. The predicted octanol–water partition coefficient (Wildman–Crippen LogP) is 2.92. The monoisotopic (exact) mass is 391 g/mol. The number of nitrogens with zero attached hydrogens (tertiary/aromatic N) is 4. The Bertz CT molecular complexity index is 758. The Morgan fingerprint density at radius 2 is 2.04 bits per heavy atom. The molecule has 3 heterocycles. The molecule has 0 spiro atoms. The van der Waals surface area contributed by atoms with Crippen molar-refractivity contribution >= 4 is 40.0 Å². The van der Waals surface area contributed by atoms with Crippen LogP contribution >= 0.6 is 23.1 Å². The van der Waals surface area contributed by atoms with Gasteiger partial charge in [-0.1, -0.05) is 43.0 Å². The number of pyridine rings is 1. The number of carbonyl (C=O) groups is 2. The number of thioether (sulfide) groups is 1. The predicted molar refractivity (Wildman–Crippen MR) is 102 cm³/mol.